The number of rotatable bonds is 6. The molecule has 196 valence electrons. The molecule has 0 spiro atoms. The van der Waals surface area contributed by atoms with Gasteiger partial charge in [-0.3, -0.25) is 10.0 Å². The van der Waals surface area contributed by atoms with Crippen LogP contribution in [0, 0.1) is 6.92 Å². The lowest BCUT2D eigenvalue weighted by atomic mass is 10.1. The second-order valence-corrected chi connectivity index (χ2v) is 9.91. The van der Waals surface area contributed by atoms with Crippen molar-refractivity contribution < 1.29 is 25.3 Å². The number of methoxy groups -OCH3 is 1. The monoisotopic (exact) mass is 533 g/mol. The minimum atomic E-state index is -5.59. The standard InChI is InChI=1S/C25H26F3N5O3S/c1-17-15-31(16-29-17)21-10-5-18(13-22(21)34-4)14-23-24-30-25(2,3)33(32(24)11-12-35-23)19-6-8-20(9-7-19)36-37(26,27)28/h5-10,13-16H,11-12H2,1-4H3. The van der Waals surface area contributed by atoms with E-state index in [2.05, 4.69) is 9.17 Å². The van der Waals surface area contributed by atoms with E-state index in [0.29, 0.717) is 36.2 Å². The molecule has 0 radical (unpaired) electrons. The van der Waals surface area contributed by atoms with Gasteiger partial charge in [0.15, 0.2) is 11.6 Å². The molecule has 1 aromatic heterocycles. The zero-order valence-corrected chi connectivity index (χ0v) is 21.5. The first-order chi connectivity index (χ1) is 17.5. The quantitative estimate of drug-likeness (QED) is 0.377. The Morgan fingerprint density at radius 3 is 2.51 bits per heavy atom. The Balaban J connectivity index is 1.43. The van der Waals surface area contributed by atoms with Crippen molar-refractivity contribution in [3.63, 3.8) is 0 Å². The van der Waals surface area contributed by atoms with Gasteiger partial charge in [0.1, 0.15) is 23.8 Å². The van der Waals surface area contributed by atoms with Crippen molar-refractivity contribution >= 4 is 29.1 Å². The third-order valence-electron chi connectivity index (χ3n) is 5.93. The highest BCUT2D eigenvalue weighted by Crippen LogP contribution is 2.54. The first-order valence-electron chi connectivity index (χ1n) is 11.5. The number of amidine groups is 1. The summed E-state index contributed by atoms with van der Waals surface area (Å²) in [5.74, 6) is 1.67. The van der Waals surface area contributed by atoms with E-state index in [-0.39, 0.29) is 5.75 Å². The normalized spacial score (nSPS) is 18.4. The molecule has 5 rings (SSSR count). The van der Waals surface area contributed by atoms with Gasteiger partial charge in [0, 0.05) is 6.20 Å². The topological polar surface area (TPSA) is 64.3 Å². The van der Waals surface area contributed by atoms with Crippen LogP contribution in [-0.4, -0.2) is 46.3 Å². The van der Waals surface area contributed by atoms with Gasteiger partial charge in [0.05, 0.1) is 37.1 Å². The second-order valence-electron chi connectivity index (χ2n) is 9.02. The zero-order valence-electron chi connectivity index (χ0n) is 20.7. The summed E-state index contributed by atoms with van der Waals surface area (Å²) in [5, 5.41) is 3.94. The number of hydrogen-bond donors (Lipinski definition) is 0. The number of aryl methyl sites for hydroxylation is 1. The fourth-order valence-corrected chi connectivity index (χ4v) is 4.79. The van der Waals surface area contributed by atoms with Crippen LogP contribution in [0.25, 0.3) is 11.8 Å². The third kappa shape index (κ3) is 5.06. The maximum atomic E-state index is 12.7. The van der Waals surface area contributed by atoms with Crippen molar-refractivity contribution in [1.82, 2.24) is 14.6 Å². The Hall–Kier alpha value is -3.80. The SMILES string of the molecule is COc1cc(C=C2OCCN3C2=NC(C)(C)N3c2ccc(OS(F)(F)F)cc2)ccc1-n1cnc(C)c1. The molecule has 1 saturated heterocycles. The van der Waals surface area contributed by atoms with Gasteiger partial charge in [0.25, 0.3) is 0 Å². The highest BCUT2D eigenvalue weighted by Gasteiger charge is 2.43. The van der Waals surface area contributed by atoms with Gasteiger partial charge in [-0.05, 0) is 68.8 Å². The van der Waals surface area contributed by atoms with Gasteiger partial charge in [-0.1, -0.05) is 17.7 Å². The van der Waals surface area contributed by atoms with Crippen LogP contribution >= 0.6 is 11.5 Å². The molecular weight excluding hydrogens is 507 g/mol. The minimum Gasteiger partial charge on any atom is -0.495 e. The lowest BCUT2D eigenvalue weighted by Gasteiger charge is -2.40. The summed E-state index contributed by atoms with van der Waals surface area (Å²) in [4.78, 5) is 9.18. The van der Waals surface area contributed by atoms with Crippen molar-refractivity contribution in [3.8, 4) is 17.2 Å². The Morgan fingerprint density at radius 1 is 1.11 bits per heavy atom. The molecular formula is C25H26F3N5O3S. The summed E-state index contributed by atoms with van der Waals surface area (Å²) in [6, 6.07) is 11.7. The summed E-state index contributed by atoms with van der Waals surface area (Å²) < 4.78 is 55.6. The van der Waals surface area contributed by atoms with E-state index in [1.165, 1.54) is 12.1 Å². The summed E-state index contributed by atoms with van der Waals surface area (Å²) in [7, 11) is 1.62. The minimum absolute atomic E-state index is 0.241. The molecule has 0 unspecified atom stereocenters. The third-order valence-corrected chi connectivity index (χ3v) is 6.31. The first kappa shape index (κ1) is 24.9. The van der Waals surface area contributed by atoms with Gasteiger partial charge < -0.3 is 18.2 Å². The maximum absolute atomic E-state index is 12.7. The lowest BCUT2D eigenvalue weighted by molar-refractivity contribution is 0.164. The summed E-state index contributed by atoms with van der Waals surface area (Å²) in [6.45, 7) is 6.75. The molecule has 2 aliphatic heterocycles. The van der Waals surface area contributed by atoms with Crippen LogP contribution in [0.4, 0.5) is 17.3 Å². The van der Waals surface area contributed by atoms with E-state index in [0.717, 1.165) is 16.9 Å². The molecule has 37 heavy (non-hydrogen) atoms. The highest BCUT2D eigenvalue weighted by molar-refractivity contribution is 8.17. The fraction of sp³-hybridized carbons (Fsp3) is 0.280. The number of aliphatic imine (C=N–C) groups is 1. The van der Waals surface area contributed by atoms with E-state index in [9.17, 15) is 11.7 Å². The molecule has 3 heterocycles. The average Bonchev–Trinajstić information content (AvgIpc) is 3.38. The number of hydrazine groups is 1. The van der Waals surface area contributed by atoms with E-state index >= 15 is 0 Å². The smallest absolute Gasteiger partial charge is 0.391 e. The van der Waals surface area contributed by atoms with E-state index in [4.69, 9.17) is 14.5 Å². The van der Waals surface area contributed by atoms with E-state index in [1.54, 1.807) is 25.6 Å². The summed E-state index contributed by atoms with van der Waals surface area (Å²) in [5.41, 5.74) is 2.63. The van der Waals surface area contributed by atoms with E-state index in [1.807, 2.05) is 65.8 Å². The second kappa shape index (κ2) is 9.25. The van der Waals surface area contributed by atoms with Crippen LogP contribution < -0.4 is 13.9 Å². The molecule has 2 aliphatic rings. The van der Waals surface area contributed by atoms with Crippen molar-refractivity contribution in [3.05, 3.63) is 72.0 Å². The average molecular weight is 534 g/mol. The van der Waals surface area contributed by atoms with Crippen LogP contribution in [0.3, 0.4) is 0 Å². The van der Waals surface area contributed by atoms with Crippen LogP contribution in [0.5, 0.6) is 11.5 Å². The first-order valence-corrected chi connectivity index (χ1v) is 12.7. The predicted octanol–water partition coefficient (Wildman–Crippen LogP) is 6.18. The van der Waals surface area contributed by atoms with Crippen molar-refractivity contribution in [2.75, 3.05) is 25.3 Å². The van der Waals surface area contributed by atoms with Crippen molar-refractivity contribution in [2.45, 2.75) is 26.4 Å². The van der Waals surface area contributed by atoms with Gasteiger partial charge in [-0.2, -0.15) is 0 Å². The van der Waals surface area contributed by atoms with Crippen LogP contribution in [0.15, 0.2) is 65.7 Å². The number of ether oxygens (including phenoxy) is 2. The molecule has 2 aromatic carbocycles. The van der Waals surface area contributed by atoms with Gasteiger partial charge >= 0.3 is 11.5 Å². The molecule has 3 aromatic rings. The number of fused-ring (bicyclic) bond motifs is 1. The molecule has 12 heteroatoms. The van der Waals surface area contributed by atoms with Gasteiger partial charge in [-0.15, -0.1) is 0 Å². The van der Waals surface area contributed by atoms with Crippen LogP contribution in [0.2, 0.25) is 0 Å². The molecule has 0 N–H and O–H groups in total. The Morgan fingerprint density at radius 2 is 1.86 bits per heavy atom. The zero-order chi connectivity index (χ0) is 26.4. The number of imidazole rings is 1. The van der Waals surface area contributed by atoms with Crippen molar-refractivity contribution in [2.24, 2.45) is 4.99 Å². The van der Waals surface area contributed by atoms with Crippen molar-refractivity contribution in [1.29, 1.82) is 0 Å². The lowest BCUT2D eigenvalue weighted by Crippen LogP contribution is -2.52. The predicted molar refractivity (Wildman–Crippen MR) is 137 cm³/mol. The summed E-state index contributed by atoms with van der Waals surface area (Å²) in [6.07, 6.45) is 5.56. The number of aromatic nitrogens is 2. The number of morpholine rings is 1. The number of anilines is 1. The fourth-order valence-electron chi connectivity index (χ4n) is 4.46. The van der Waals surface area contributed by atoms with Crippen LogP contribution in [0.1, 0.15) is 25.1 Å². The molecule has 0 aliphatic carbocycles. The molecule has 0 saturated carbocycles. The molecule has 8 nitrogen and oxygen atoms in total. The maximum Gasteiger partial charge on any atom is 0.391 e. The van der Waals surface area contributed by atoms with E-state index < -0.39 is 17.1 Å². The molecule has 0 bridgehead atoms. The highest BCUT2D eigenvalue weighted by atomic mass is 32.4. The molecule has 0 amide bonds. The number of hydrogen-bond acceptors (Lipinski definition) is 7. The Kier molecular flexibility index (Phi) is 6.22. The Bertz CT molecular complexity index is 1370. The molecule has 0 atom stereocenters. The molecule has 1 fully saturated rings. The number of halogens is 3. The number of nitrogens with zero attached hydrogens (tertiary/aromatic N) is 5. The van der Waals surface area contributed by atoms with Gasteiger partial charge in [-0.25, -0.2) is 9.98 Å². The van der Waals surface area contributed by atoms with Crippen LogP contribution in [-0.2, 0) is 4.74 Å². The Labute approximate surface area is 215 Å². The number of benzene rings is 2. The van der Waals surface area contributed by atoms with Gasteiger partial charge in [0.2, 0.25) is 0 Å². The summed E-state index contributed by atoms with van der Waals surface area (Å²) >= 11 is -5.59. The largest absolute Gasteiger partial charge is 0.495 e.